The molecule has 0 saturated carbocycles. The number of rotatable bonds is 4. The lowest BCUT2D eigenvalue weighted by Gasteiger charge is -2.17. The molecule has 1 amide bonds. The number of halogens is 2. The highest BCUT2D eigenvalue weighted by Crippen LogP contribution is 2.25. The van der Waals surface area contributed by atoms with Crippen LogP contribution in [0.1, 0.15) is 18.7 Å². The van der Waals surface area contributed by atoms with Gasteiger partial charge in [0, 0.05) is 25.4 Å². The molecule has 0 N–H and O–H groups in total. The average molecular weight is 326 g/mol. The van der Waals surface area contributed by atoms with Gasteiger partial charge in [0.1, 0.15) is 12.4 Å². The van der Waals surface area contributed by atoms with Gasteiger partial charge in [0.2, 0.25) is 5.91 Å². The molecule has 1 aliphatic heterocycles. The van der Waals surface area contributed by atoms with Crippen LogP contribution in [-0.4, -0.2) is 39.3 Å². The highest BCUT2D eigenvalue weighted by molar-refractivity contribution is 6.35. The second kappa shape index (κ2) is 6.24. The SMILES string of the molecule is O=C(Cn1c(CCCl)nc2cccc(Cl)c21)N1CCCC1. The number of para-hydroxylation sites is 1. The van der Waals surface area contributed by atoms with E-state index in [9.17, 15) is 4.79 Å². The average Bonchev–Trinajstić information content (AvgIpc) is 3.09. The number of hydrogen-bond donors (Lipinski definition) is 0. The van der Waals surface area contributed by atoms with E-state index in [-0.39, 0.29) is 12.5 Å². The molecule has 0 bridgehead atoms. The van der Waals surface area contributed by atoms with Crippen molar-refractivity contribution in [2.45, 2.75) is 25.8 Å². The van der Waals surface area contributed by atoms with Gasteiger partial charge in [-0.3, -0.25) is 4.79 Å². The molecule has 21 heavy (non-hydrogen) atoms. The summed E-state index contributed by atoms with van der Waals surface area (Å²) in [5.41, 5.74) is 1.64. The van der Waals surface area contributed by atoms with Crippen molar-refractivity contribution in [3.05, 3.63) is 29.0 Å². The van der Waals surface area contributed by atoms with Crippen LogP contribution in [0.4, 0.5) is 0 Å². The Morgan fingerprint density at radius 1 is 1.29 bits per heavy atom. The van der Waals surface area contributed by atoms with Crippen molar-refractivity contribution in [2.24, 2.45) is 0 Å². The summed E-state index contributed by atoms with van der Waals surface area (Å²) in [6, 6.07) is 5.61. The first-order valence-electron chi connectivity index (χ1n) is 7.18. The third-order valence-corrected chi connectivity index (χ3v) is 4.36. The van der Waals surface area contributed by atoms with E-state index in [1.54, 1.807) is 0 Å². The number of aromatic nitrogens is 2. The summed E-state index contributed by atoms with van der Waals surface area (Å²) in [7, 11) is 0. The van der Waals surface area contributed by atoms with Gasteiger partial charge in [0.25, 0.3) is 0 Å². The molecule has 0 atom stereocenters. The number of likely N-dealkylation sites (tertiary alicyclic amines) is 1. The summed E-state index contributed by atoms with van der Waals surface area (Å²) < 4.78 is 1.92. The molecule has 4 nitrogen and oxygen atoms in total. The lowest BCUT2D eigenvalue weighted by atomic mass is 10.3. The van der Waals surface area contributed by atoms with Gasteiger partial charge in [0.05, 0.1) is 16.1 Å². The Kier molecular flexibility index (Phi) is 4.36. The van der Waals surface area contributed by atoms with Crippen LogP contribution in [0.5, 0.6) is 0 Å². The number of hydrogen-bond acceptors (Lipinski definition) is 2. The molecular formula is C15H17Cl2N3O. The van der Waals surface area contributed by atoms with E-state index in [1.165, 1.54) is 0 Å². The van der Waals surface area contributed by atoms with Crippen molar-refractivity contribution in [3.8, 4) is 0 Å². The molecule has 3 rings (SSSR count). The Balaban J connectivity index is 1.98. The number of imidazole rings is 1. The number of carbonyl (C=O) groups is 1. The van der Waals surface area contributed by atoms with E-state index in [1.807, 2.05) is 27.7 Å². The number of alkyl halides is 1. The van der Waals surface area contributed by atoms with Crippen LogP contribution in [0.2, 0.25) is 5.02 Å². The number of amides is 1. The zero-order valence-corrected chi connectivity index (χ0v) is 13.2. The number of aryl methyl sites for hydroxylation is 1. The Bertz CT molecular complexity index is 662. The van der Waals surface area contributed by atoms with Crippen LogP contribution in [0.25, 0.3) is 11.0 Å². The lowest BCUT2D eigenvalue weighted by Crippen LogP contribution is -2.31. The fourth-order valence-electron chi connectivity index (χ4n) is 2.84. The third-order valence-electron chi connectivity index (χ3n) is 3.87. The largest absolute Gasteiger partial charge is 0.341 e. The second-order valence-corrected chi connectivity index (χ2v) is 6.03. The van der Waals surface area contributed by atoms with Crippen LogP contribution in [0, 0.1) is 0 Å². The molecule has 2 aromatic rings. The number of benzene rings is 1. The van der Waals surface area contributed by atoms with E-state index in [0.717, 1.165) is 42.8 Å². The molecule has 1 saturated heterocycles. The van der Waals surface area contributed by atoms with Gasteiger partial charge in [0.15, 0.2) is 0 Å². The molecule has 0 aliphatic carbocycles. The Morgan fingerprint density at radius 3 is 2.76 bits per heavy atom. The van der Waals surface area contributed by atoms with E-state index in [4.69, 9.17) is 23.2 Å². The Labute approximate surface area is 133 Å². The predicted molar refractivity (Wildman–Crippen MR) is 85.0 cm³/mol. The minimum Gasteiger partial charge on any atom is -0.341 e. The molecule has 2 heterocycles. The van der Waals surface area contributed by atoms with Gasteiger partial charge < -0.3 is 9.47 Å². The van der Waals surface area contributed by atoms with Crippen molar-refractivity contribution in [1.82, 2.24) is 14.5 Å². The lowest BCUT2D eigenvalue weighted by molar-refractivity contribution is -0.130. The molecule has 0 radical (unpaired) electrons. The van der Waals surface area contributed by atoms with Gasteiger partial charge in [-0.1, -0.05) is 17.7 Å². The van der Waals surface area contributed by atoms with Crippen molar-refractivity contribution in [3.63, 3.8) is 0 Å². The summed E-state index contributed by atoms with van der Waals surface area (Å²) in [6.45, 7) is 1.99. The molecule has 112 valence electrons. The zero-order valence-electron chi connectivity index (χ0n) is 11.7. The first kappa shape index (κ1) is 14.7. The van der Waals surface area contributed by atoms with E-state index < -0.39 is 0 Å². The molecule has 0 spiro atoms. The second-order valence-electron chi connectivity index (χ2n) is 5.25. The maximum absolute atomic E-state index is 12.4. The molecule has 6 heteroatoms. The molecule has 1 aromatic carbocycles. The summed E-state index contributed by atoms with van der Waals surface area (Å²) in [5.74, 6) is 1.42. The van der Waals surface area contributed by atoms with Crippen LogP contribution in [-0.2, 0) is 17.8 Å². The van der Waals surface area contributed by atoms with Crippen LogP contribution >= 0.6 is 23.2 Å². The maximum Gasteiger partial charge on any atom is 0.242 e. The smallest absolute Gasteiger partial charge is 0.242 e. The quantitative estimate of drug-likeness (QED) is 0.810. The van der Waals surface area contributed by atoms with Crippen molar-refractivity contribution < 1.29 is 4.79 Å². The standard InChI is InChI=1S/C15H17Cl2N3O/c16-7-6-13-18-12-5-3-4-11(17)15(12)20(13)10-14(21)19-8-1-2-9-19/h3-5H,1-2,6-10H2. The van der Waals surface area contributed by atoms with E-state index in [0.29, 0.717) is 17.3 Å². The van der Waals surface area contributed by atoms with Crippen molar-refractivity contribution in [1.29, 1.82) is 0 Å². The molecule has 1 fully saturated rings. The molecular weight excluding hydrogens is 309 g/mol. The van der Waals surface area contributed by atoms with Gasteiger partial charge in [-0.2, -0.15) is 0 Å². The summed E-state index contributed by atoms with van der Waals surface area (Å²) >= 11 is 12.2. The summed E-state index contributed by atoms with van der Waals surface area (Å²) in [4.78, 5) is 18.9. The number of carbonyl (C=O) groups excluding carboxylic acids is 1. The number of nitrogens with zero attached hydrogens (tertiary/aromatic N) is 3. The van der Waals surface area contributed by atoms with E-state index >= 15 is 0 Å². The third kappa shape index (κ3) is 2.87. The summed E-state index contributed by atoms with van der Waals surface area (Å²) in [6.07, 6.45) is 2.80. The molecule has 1 aromatic heterocycles. The number of fused-ring (bicyclic) bond motifs is 1. The Morgan fingerprint density at radius 2 is 2.05 bits per heavy atom. The first-order chi connectivity index (χ1) is 10.2. The zero-order chi connectivity index (χ0) is 14.8. The van der Waals surface area contributed by atoms with Crippen LogP contribution in [0.3, 0.4) is 0 Å². The monoisotopic (exact) mass is 325 g/mol. The van der Waals surface area contributed by atoms with E-state index in [2.05, 4.69) is 4.98 Å². The highest BCUT2D eigenvalue weighted by Gasteiger charge is 2.21. The fraction of sp³-hybridized carbons (Fsp3) is 0.467. The predicted octanol–water partition coefficient (Wildman–Crippen LogP) is 3.09. The van der Waals surface area contributed by atoms with Crippen LogP contribution < -0.4 is 0 Å². The Hall–Kier alpha value is -1.26. The first-order valence-corrected chi connectivity index (χ1v) is 8.09. The van der Waals surface area contributed by atoms with Gasteiger partial charge >= 0.3 is 0 Å². The van der Waals surface area contributed by atoms with Crippen molar-refractivity contribution in [2.75, 3.05) is 19.0 Å². The molecule has 0 unspecified atom stereocenters. The highest BCUT2D eigenvalue weighted by atomic mass is 35.5. The minimum absolute atomic E-state index is 0.127. The summed E-state index contributed by atoms with van der Waals surface area (Å²) in [5, 5.41) is 0.620. The maximum atomic E-state index is 12.4. The van der Waals surface area contributed by atoms with Crippen molar-refractivity contribution >= 4 is 40.1 Å². The normalized spacial score (nSPS) is 15.0. The molecule has 1 aliphatic rings. The van der Waals surface area contributed by atoms with Gasteiger partial charge in [-0.15, -0.1) is 11.6 Å². The minimum atomic E-state index is 0.127. The topological polar surface area (TPSA) is 38.1 Å². The van der Waals surface area contributed by atoms with Gasteiger partial charge in [-0.25, -0.2) is 4.98 Å². The van der Waals surface area contributed by atoms with Crippen LogP contribution in [0.15, 0.2) is 18.2 Å². The van der Waals surface area contributed by atoms with Gasteiger partial charge in [-0.05, 0) is 25.0 Å². The fourth-order valence-corrected chi connectivity index (χ4v) is 3.28.